The Labute approximate surface area is 254 Å². The summed E-state index contributed by atoms with van der Waals surface area (Å²) < 4.78 is 11.0. The fourth-order valence-corrected chi connectivity index (χ4v) is 4.91. The molecule has 0 radical (unpaired) electrons. The van der Waals surface area contributed by atoms with Crippen LogP contribution in [0.3, 0.4) is 0 Å². The fourth-order valence-electron chi connectivity index (χ4n) is 4.91. The molecule has 43 heavy (non-hydrogen) atoms. The van der Waals surface area contributed by atoms with Crippen LogP contribution in [0.15, 0.2) is 41.5 Å². The lowest BCUT2D eigenvalue weighted by Crippen LogP contribution is -2.60. The fraction of sp³-hybridized carbons (Fsp3) is 0.710. The Kier molecular flexibility index (Phi) is 18.1. The number of nitrogens with zero attached hydrogens (tertiary/aromatic N) is 3. The second-order valence-corrected chi connectivity index (χ2v) is 11.1. The van der Waals surface area contributed by atoms with Crippen LogP contribution in [0.5, 0.6) is 0 Å². The Morgan fingerprint density at radius 1 is 1.00 bits per heavy atom. The molecule has 1 aliphatic rings. The first-order valence-electron chi connectivity index (χ1n) is 15.5. The molecule has 0 bridgehead atoms. The molecule has 12 nitrogen and oxygen atoms in total. The van der Waals surface area contributed by atoms with Crippen molar-refractivity contribution in [3.05, 3.63) is 52.4 Å². The van der Waals surface area contributed by atoms with E-state index in [1.54, 1.807) is 6.08 Å². The Balaban J connectivity index is 1.89. The van der Waals surface area contributed by atoms with E-state index >= 15 is 0 Å². The van der Waals surface area contributed by atoms with Gasteiger partial charge in [0, 0.05) is 16.2 Å². The summed E-state index contributed by atoms with van der Waals surface area (Å²) in [7, 11) is 0. The number of ether oxygens (including phenoxy) is 2. The third-order valence-electron chi connectivity index (χ3n) is 7.61. The van der Waals surface area contributed by atoms with Gasteiger partial charge in [-0.05, 0) is 30.5 Å². The van der Waals surface area contributed by atoms with E-state index in [4.69, 9.17) is 15.0 Å². The number of rotatable bonds is 21. The molecule has 0 spiro atoms. The van der Waals surface area contributed by atoms with E-state index < -0.39 is 55.4 Å². The second kappa shape index (κ2) is 21.2. The SMILES string of the molecule is CCCCCCCCCCCCC/C=C/[C@@H](O)[C@H](CO[C@@H]1O[C@H](CO)[C@H](O)[C@H](O)[C@H]1O)NC(=O)c1ccc(N=[N+]=[N-])cc1. The molecule has 1 aromatic rings. The number of unbranched alkanes of at least 4 members (excludes halogenated alkanes) is 11. The van der Waals surface area contributed by atoms with Gasteiger partial charge >= 0.3 is 0 Å². The van der Waals surface area contributed by atoms with Gasteiger partial charge in [0.1, 0.15) is 24.4 Å². The topological polar surface area (TPSA) is 197 Å². The predicted molar refractivity (Wildman–Crippen MR) is 162 cm³/mol. The molecule has 1 aromatic carbocycles. The van der Waals surface area contributed by atoms with Gasteiger partial charge < -0.3 is 40.3 Å². The van der Waals surface area contributed by atoms with E-state index in [1.807, 2.05) is 6.08 Å². The number of hydrogen-bond donors (Lipinski definition) is 6. The molecule has 1 saturated heterocycles. The molecular formula is C31H50N4O8. The lowest BCUT2D eigenvalue weighted by molar-refractivity contribution is -0.302. The minimum absolute atomic E-state index is 0.256. The van der Waals surface area contributed by atoms with Gasteiger partial charge in [-0.15, -0.1) is 0 Å². The third kappa shape index (κ3) is 13.3. The van der Waals surface area contributed by atoms with Crippen molar-refractivity contribution in [2.45, 2.75) is 127 Å². The zero-order chi connectivity index (χ0) is 31.5. The third-order valence-corrected chi connectivity index (χ3v) is 7.61. The zero-order valence-corrected chi connectivity index (χ0v) is 25.2. The van der Waals surface area contributed by atoms with Crippen LogP contribution in [0.2, 0.25) is 0 Å². The summed E-state index contributed by atoms with van der Waals surface area (Å²) in [6.07, 6.45) is 9.38. The van der Waals surface area contributed by atoms with Crippen molar-refractivity contribution in [2.75, 3.05) is 13.2 Å². The van der Waals surface area contributed by atoms with Crippen molar-refractivity contribution in [3.8, 4) is 0 Å². The monoisotopic (exact) mass is 606 g/mol. The number of benzene rings is 1. The first-order valence-corrected chi connectivity index (χ1v) is 15.5. The molecule has 0 aromatic heterocycles. The number of amides is 1. The van der Waals surface area contributed by atoms with Crippen molar-refractivity contribution in [3.63, 3.8) is 0 Å². The quantitative estimate of drug-likeness (QED) is 0.0394. The van der Waals surface area contributed by atoms with Crippen LogP contribution >= 0.6 is 0 Å². The van der Waals surface area contributed by atoms with Crippen molar-refractivity contribution in [1.29, 1.82) is 0 Å². The van der Waals surface area contributed by atoms with Gasteiger partial charge in [-0.2, -0.15) is 0 Å². The Morgan fingerprint density at radius 2 is 1.60 bits per heavy atom. The van der Waals surface area contributed by atoms with Gasteiger partial charge in [0.15, 0.2) is 6.29 Å². The number of azide groups is 1. The van der Waals surface area contributed by atoms with Gasteiger partial charge in [-0.25, -0.2) is 0 Å². The molecule has 2 rings (SSSR count). The van der Waals surface area contributed by atoms with Gasteiger partial charge in [0.25, 0.3) is 5.91 Å². The van der Waals surface area contributed by atoms with E-state index in [9.17, 15) is 30.3 Å². The Bertz CT molecular complexity index is 987. The standard InChI is InChI=1S/C31H50N4O8/c1-2-3-4-5-6-7-8-9-10-11-12-13-14-15-25(37)24(33-30(41)22-16-18-23(19-17-22)34-35-32)21-42-31-29(40)28(39)27(38)26(20-36)43-31/h14-19,24-29,31,36-40H,2-13,20-21H2,1H3,(H,33,41)/b15-14+/t24-,25+,26+,27-,28-,29+,31+/m0/s1. The van der Waals surface area contributed by atoms with Crippen LogP contribution in [-0.2, 0) is 9.47 Å². The summed E-state index contributed by atoms with van der Waals surface area (Å²) in [5.74, 6) is -0.521. The minimum atomic E-state index is -1.62. The summed E-state index contributed by atoms with van der Waals surface area (Å²) in [5, 5.41) is 56.9. The highest BCUT2D eigenvalue weighted by atomic mass is 16.7. The molecule has 7 atom stereocenters. The molecule has 1 fully saturated rings. The van der Waals surface area contributed by atoms with Crippen molar-refractivity contribution in [2.24, 2.45) is 5.11 Å². The summed E-state index contributed by atoms with van der Waals surface area (Å²) >= 11 is 0. The van der Waals surface area contributed by atoms with Crippen LogP contribution in [0, 0.1) is 0 Å². The average molecular weight is 607 g/mol. The van der Waals surface area contributed by atoms with Crippen molar-refractivity contribution < 1.29 is 39.8 Å². The number of carbonyl (C=O) groups is 1. The highest BCUT2D eigenvalue weighted by molar-refractivity contribution is 5.94. The van der Waals surface area contributed by atoms with E-state index in [-0.39, 0.29) is 12.2 Å². The smallest absolute Gasteiger partial charge is 0.251 e. The number of carbonyl (C=O) groups excluding carboxylic acids is 1. The number of nitrogens with one attached hydrogen (secondary N) is 1. The summed E-state index contributed by atoms with van der Waals surface area (Å²) in [5.41, 5.74) is 9.17. The lowest BCUT2D eigenvalue weighted by Gasteiger charge is -2.40. The molecule has 1 amide bonds. The zero-order valence-electron chi connectivity index (χ0n) is 25.2. The van der Waals surface area contributed by atoms with E-state index in [0.717, 1.165) is 19.3 Å². The molecule has 1 heterocycles. The van der Waals surface area contributed by atoms with Crippen LogP contribution in [0.25, 0.3) is 10.4 Å². The molecule has 6 N–H and O–H groups in total. The first-order chi connectivity index (χ1) is 20.8. The first kappa shape index (κ1) is 36.7. The normalized spacial score (nSPS) is 23.5. The van der Waals surface area contributed by atoms with E-state index in [2.05, 4.69) is 22.3 Å². The maximum atomic E-state index is 12.9. The van der Waals surface area contributed by atoms with Crippen LogP contribution in [-0.4, -0.2) is 87.5 Å². The van der Waals surface area contributed by atoms with Gasteiger partial charge in [-0.3, -0.25) is 4.79 Å². The highest BCUT2D eigenvalue weighted by Crippen LogP contribution is 2.22. The molecule has 242 valence electrons. The average Bonchev–Trinajstić information content (AvgIpc) is 3.01. The van der Waals surface area contributed by atoms with Gasteiger partial charge in [0.05, 0.1) is 25.4 Å². The summed E-state index contributed by atoms with van der Waals surface area (Å²) in [6.45, 7) is 1.31. The maximum absolute atomic E-state index is 12.9. The minimum Gasteiger partial charge on any atom is -0.394 e. The molecule has 0 aliphatic carbocycles. The molecule has 1 aliphatic heterocycles. The van der Waals surface area contributed by atoms with Crippen LogP contribution < -0.4 is 5.32 Å². The molecule has 0 saturated carbocycles. The Hall–Kier alpha value is -2.54. The largest absolute Gasteiger partial charge is 0.394 e. The van der Waals surface area contributed by atoms with Crippen LogP contribution in [0.1, 0.15) is 94.3 Å². The van der Waals surface area contributed by atoms with Crippen molar-refractivity contribution >= 4 is 11.6 Å². The number of hydrogen-bond acceptors (Lipinski definition) is 9. The van der Waals surface area contributed by atoms with Gasteiger partial charge in [-0.1, -0.05) is 101 Å². The summed E-state index contributed by atoms with van der Waals surface area (Å²) in [6, 6.07) is 4.95. The lowest BCUT2D eigenvalue weighted by atomic mass is 9.99. The second-order valence-electron chi connectivity index (χ2n) is 11.1. The number of aliphatic hydroxyl groups excluding tert-OH is 5. The summed E-state index contributed by atoms with van der Waals surface area (Å²) in [4.78, 5) is 15.6. The van der Waals surface area contributed by atoms with Crippen LogP contribution in [0.4, 0.5) is 5.69 Å². The highest BCUT2D eigenvalue weighted by Gasteiger charge is 2.44. The predicted octanol–water partition coefficient (Wildman–Crippen LogP) is 4.16. The number of aliphatic hydroxyl groups is 5. The molecule has 12 heteroatoms. The molecular weight excluding hydrogens is 556 g/mol. The van der Waals surface area contributed by atoms with Crippen molar-refractivity contribution in [1.82, 2.24) is 5.32 Å². The van der Waals surface area contributed by atoms with E-state index in [0.29, 0.717) is 5.69 Å². The number of allylic oxidation sites excluding steroid dienone is 1. The molecule has 0 unspecified atom stereocenters. The Morgan fingerprint density at radius 3 is 2.19 bits per heavy atom. The maximum Gasteiger partial charge on any atom is 0.251 e. The van der Waals surface area contributed by atoms with Gasteiger partial charge in [0.2, 0.25) is 0 Å². The van der Waals surface area contributed by atoms with E-state index in [1.165, 1.54) is 82.1 Å².